The van der Waals surface area contributed by atoms with Crippen molar-refractivity contribution >= 4 is 21.2 Å². The minimum Gasteiger partial charge on any atom is -0.493 e. The Labute approximate surface area is 166 Å². The van der Waals surface area contributed by atoms with Crippen molar-refractivity contribution in [3.05, 3.63) is 78.4 Å². The highest BCUT2D eigenvalue weighted by atomic mass is 32.3. The van der Waals surface area contributed by atoms with E-state index in [4.69, 9.17) is 22.3 Å². The average Bonchev–Trinajstić information content (AvgIpc) is 2.64. The number of benzene rings is 3. The molecule has 0 saturated heterocycles. The van der Waals surface area contributed by atoms with Gasteiger partial charge >= 0.3 is 10.4 Å². The molecule has 3 aromatic carbocycles. The van der Waals surface area contributed by atoms with E-state index in [9.17, 15) is 0 Å². The van der Waals surface area contributed by atoms with E-state index in [-0.39, 0.29) is 0 Å². The second-order valence-corrected chi connectivity index (χ2v) is 7.35. The van der Waals surface area contributed by atoms with Gasteiger partial charge in [0, 0.05) is 17.8 Å². The lowest BCUT2D eigenvalue weighted by molar-refractivity contribution is 0.225. The van der Waals surface area contributed by atoms with Crippen molar-refractivity contribution in [1.82, 2.24) is 4.90 Å². The van der Waals surface area contributed by atoms with Crippen molar-refractivity contribution in [2.24, 2.45) is 0 Å². The zero-order valence-corrected chi connectivity index (χ0v) is 16.7. The Morgan fingerprint density at radius 1 is 0.893 bits per heavy atom. The monoisotopic (exact) mass is 403 g/mol. The summed E-state index contributed by atoms with van der Waals surface area (Å²) in [7, 11) is -0.425. The molecule has 3 aromatic rings. The van der Waals surface area contributed by atoms with Crippen LogP contribution in [0.3, 0.4) is 0 Å². The summed E-state index contributed by atoms with van der Waals surface area (Å²) in [5.74, 6) is 0.966. The number of ether oxygens (including phenoxy) is 1. The summed E-state index contributed by atoms with van der Waals surface area (Å²) in [6.07, 6.45) is 0.959. The standard InChI is InChI=1S/C21H23NO.H2O4S/c1-22(2)20(18-10-4-3-5-11-18)15-16-23-21-14-8-12-17-9-6-7-13-19(17)21;1-5(2,3)4/h3-14,20H,15-16H2,1-2H3;(H2,1,2,3,4). The van der Waals surface area contributed by atoms with Gasteiger partial charge in [-0.1, -0.05) is 66.7 Å². The SMILES string of the molecule is CN(C)C(CCOc1cccc2ccccc12)c1ccccc1.O=S(=O)(O)O. The van der Waals surface area contributed by atoms with Gasteiger partial charge in [0.2, 0.25) is 0 Å². The molecule has 0 radical (unpaired) electrons. The molecular formula is C21H25NO5S. The molecule has 0 aliphatic rings. The Bertz CT molecular complexity index is 961. The van der Waals surface area contributed by atoms with Crippen LogP contribution in [0.4, 0.5) is 0 Å². The Hall–Kier alpha value is -2.45. The Kier molecular flexibility index (Phi) is 7.95. The molecule has 1 atom stereocenters. The number of hydrogen-bond acceptors (Lipinski definition) is 4. The third-order valence-corrected chi connectivity index (χ3v) is 4.21. The molecule has 0 saturated carbocycles. The molecule has 28 heavy (non-hydrogen) atoms. The van der Waals surface area contributed by atoms with Crippen molar-refractivity contribution in [1.29, 1.82) is 0 Å². The molecule has 0 fully saturated rings. The summed E-state index contributed by atoms with van der Waals surface area (Å²) in [5.41, 5.74) is 1.33. The van der Waals surface area contributed by atoms with Crippen LogP contribution in [0.1, 0.15) is 18.0 Å². The summed E-state index contributed by atoms with van der Waals surface area (Å²) in [6.45, 7) is 0.700. The zero-order chi connectivity index (χ0) is 20.6. The topological polar surface area (TPSA) is 87.1 Å². The normalized spacial score (nSPS) is 12.3. The summed E-state index contributed by atoms with van der Waals surface area (Å²) >= 11 is 0. The van der Waals surface area contributed by atoms with E-state index < -0.39 is 10.4 Å². The Balaban J connectivity index is 0.000000500. The smallest absolute Gasteiger partial charge is 0.394 e. The molecule has 2 N–H and O–H groups in total. The van der Waals surface area contributed by atoms with Crippen molar-refractivity contribution in [2.45, 2.75) is 12.5 Å². The van der Waals surface area contributed by atoms with E-state index in [2.05, 4.69) is 91.8 Å². The van der Waals surface area contributed by atoms with Gasteiger partial charge in [-0.15, -0.1) is 0 Å². The van der Waals surface area contributed by atoms with Crippen molar-refractivity contribution in [3.8, 4) is 5.75 Å². The molecule has 0 heterocycles. The first-order valence-electron chi connectivity index (χ1n) is 8.77. The van der Waals surface area contributed by atoms with Crippen LogP contribution in [0.25, 0.3) is 10.8 Å². The number of nitrogens with zero attached hydrogens (tertiary/aromatic N) is 1. The maximum Gasteiger partial charge on any atom is 0.394 e. The maximum atomic E-state index is 8.74. The molecule has 0 spiro atoms. The van der Waals surface area contributed by atoms with Crippen LogP contribution in [-0.4, -0.2) is 43.1 Å². The first-order chi connectivity index (χ1) is 13.3. The average molecular weight is 404 g/mol. The quantitative estimate of drug-likeness (QED) is 0.598. The molecule has 0 aliphatic carbocycles. The number of rotatable bonds is 6. The largest absolute Gasteiger partial charge is 0.493 e. The van der Waals surface area contributed by atoms with Gasteiger partial charge in [-0.25, -0.2) is 0 Å². The maximum absolute atomic E-state index is 8.74. The van der Waals surface area contributed by atoms with Crippen LogP contribution >= 0.6 is 0 Å². The first kappa shape index (κ1) is 21.8. The zero-order valence-electron chi connectivity index (χ0n) is 15.9. The molecular weight excluding hydrogens is 378 g/mol. The van der Waals surface area contributed by atoms with E-state index in [1.54, 1.807) is 0 Å². The fraction of sp³-hybridized carbons (Fsp3) is 0.238. The summed E-state index contributed by atoms with van der Waals surface area (Å²) in [5, 5.41) is 2.40. The second-order valence-electron chi connectivity index (χ2n) is 6.45. The van der Waals surface area contributed by atoms with Gasteiger partial charge in [-0.2, -0.15) is 8.42 Å². The van der Waals surface area contributed by atoms with Crippen LogP contribution in [-0.2, 0) is 10.4 Å². The lowest BCUT2D eigenvalue weighted by Crippen LogP contribution is -2.22. The molecule has 6 nitrogen and oxygen atoms in total. The predicted molar refractivity (Wildman–Crippen MR) is 111 cm³/mol. The molecule has 150 valence electrons. The van der Waals surface area contributed by atoms with E-state index in [0.29, 0.717) is 12.6 Å². The third kappa shape index (κ3) is 7.28. The molecule has 0 bridgehead atoms. The minimum atomic E-state index is -4.67. The van der Waals surface area contributed by atoms with Gasteiger partial charge in [0.1, 0.15) is 5.75 Å². The van der Waals surface area contributed by atoms with Gasteiger partial charge in [-0.3, -0.25) is 9.11 Å². The summed E-state index contributed by atoms with van der Waals surface area (Å²) in [4.78, 5) is 2.25. The lowest BCUT2D eigenvalue weighted by Gasteiger charge is -2.25. The van der Waals surface area contributed by atoms with Gasteiger partial charge in [0.05, 0.1) is 6.61 Å². The molecule has 0 aliphatic heterocycles. The molecule has 7 heteroatoms. The van der Waals surface area contributed by atoms with Crippen LogP contribution in [0.2, 0.25) is 0 Å². The van der Waals surface area contributed by atoms with E-state index in [0.717, 1.165) is 12.2 Å². The van der Waals surface area contributed by atoms with Crippen LogP contribution < -0.4 is 4.74 Å². The van der Waals surface area contributed by atoms with Crippen LogP contribution in [0, 0.1) is 0 Å². The molecule has 1 unspecified atom stereocenters. The predicted octanol–water partition coefficient (Wildman–Crippen LogP) is 4.26. The number of fused-ring (bicyclic) bond motifs is 1. The van der Waals surface area contributed by atoms with Gasteiger partial charge < -0.3 is 9.64 Å². The van der Waals surface area contributed by atoms with Gasteiger partial charge in [0.25, 0.3) is 0 Å². The Morgan fingerprint density at radius 3 is 2.11 bits per heavy atom. The lowest BCUT2D eigenvalue weighted by atomic mass is 10.0. The first-order valence-corrected chi connectivity index (χ1v) is 10.2. The van der Waals surface area contributed by atoms with Crippen molar-refractivity contribution in [2.75, 3.05) is 20.7 Å². The van der Waals surface area contributed by atoms with E-state index in [1.807, 2.05) is 0 Å². The fourth-order valence-electron chi connectivity index (χ4n) is 3.00. The summed E-state index contributed by atoms with van der Waals surface area (Å²) < 4.78 is 37.7. The van der Waals surface area contributed by atoms with Gasteiger partial charge in [-0.05, 0) is 31.1 Å². The Morgan fingerprint density at radius 2 is 1.46 bits per heavy atom. The molecule has 0 amide bonds. The second kappa shape index (κ2) is 10.2. The highest BCUT2D eigenvalue weighted by Crippen LogP contribution is 2.27. The van der Waals surface area contributed by atoms with Crippen LogP contribution in [0.5, 0.6) is 5.75 Å². The fourth-order valence-corrected chi connectivity index (χ4v) is 3.00. The van der Waals surface area contributed by atoms with Gasteiger partial charge in [0.15, 0.2) is 0 Å². The van der Waals surface area contributed by atoms with E-state index >= 15 is 0 Å². The van der Waals surface area contributed by atoms with E-state index in [1.165, 1.54) is 16.3 Å². The van der Waals surface area contributed by atoms with Crippen LogP contribution in [0.15, 0.2) is 72.8 Å². The van der Waals surface area contributed by atoms with Crippen molar-refractivity contribution < 1.29 is 22.3 Å². The highest BCUT2D eigenvalue weighted by Gasteiger charge is 2.14. The number of hydrogen-bond donors (Lipinski definition) is 2. The molecule has 3 rings (SSSR count). The summed E-state index contributed by atoms with van der Waals surface area (Å²) in [6, 6.07) is 25.6. The third-order valence-electron chi connectivity index (χ3n) is 4.21. The highest BCUT2D eigenvalue weighted by molar-refractivity contribution is 7.79. The molecule has 0 aromatic heterocycles. The minimum absolute atomic E-state index is 0.367. The van der Waals surface area contributed by atoms with Crippen molar-refractivity contribution in [3.63, 3.8) is 0 Å².